The number of hydrogen-bond acceptors (Lipinski definition) is 9. The maximum atomic E-state index is 13.7. The predicted octanol–water partition coefficient (Wildman–Crippen LogP) is 17.2. The van der Waals surface area contributed by atoms with Gasteiger partial charge in [0, 0.05) is 0 Å². The van der Waals surface area contributed by atoms with E-state index in [4.69, 9.17) is 0 Å². The van der Waals surface area contributed by atoms with Gasteiger partial charge in [-0.1, -0.05) is 0 Å². The molecule has 129 heavy (non-hydrogen) atoms. The summed E-state index contributed by atoms with van der Waals surface area (Å²) in [6.45, 7) is 13.5. The van der Waals surface area contributed by atoms with Crippen molar-refractivity contribution in [3.8, 4) is 17.2 Å². The third kappa shape index (κ3) is 20.6. The summed E-state index contributed by atoms with van der Waals surface area (Å²) in [5.41, 5.74) is 4.14. The van der Waals surface area contributed by atoms with Crippen LogP contribution in [0, 0.1) is 36.4 Å². The van der Waals surface area contributed by atoms with E-state index in [2.05, 4.69) is 93.6 Å². The molecule has 9 aromatic heterocycles. The second kappa shape index (κ2) is 41.1. The van der Waals surface area contributed by atoms with E-state index in [1.807, 2.05) is 205 Å². The molecule has 0 saturated heterocycles. The van der Waals surface area contributed by atoms with E-state index in [9.17, 15) is 42.7 Å². The molecule has 26 heteroatoms. The second-order valence-electron chi connectivity index (χ2n) is 35.2. The van der Waals surface area contributed by atoms with Gasteiger partial charge in [0.2, 0.25) is 0 Å². The molecule has 0 unspecified atom stereocenters. The SMILES string of the molecule is CC(C)(C)n1[se]c2ccccc2c1=O.CC(C)Cn1[se]c2ccccc2c1=O.Cc1ccc(-n2[se]c3ccccc3c2=O)cc1.O=c1c2ccccc2[se]n1-c1ccccc1F.O=c1c2ccccc2[se]n1-c1ccccn1.O=c1c2ccccc2[se]n1C12CC3CC(CC(C3)C1)C2.O=c1c2ccccc2[se]n1C1CCCC1.O=c1c2ccccc2[se]n1C1CCCCC1. The Hall–Kier alpha value is -8.80. The fourth-order valence-corrected chi connectivity index (χ4v) is 36.8. The van der Waals surface area contributed by atoms with Crippen LogP contribution in [0.2, 0.25) is 0 Å². The van der Waals surface area contributed by atoms with Gasteiger partial charge in [0.05, 0.1) is 0 Å². The first-order valence-corrected chi connectivity index (χ1v) is 57.1. The second-order valence-corrected chi connectivity index (χ2v) is 52.1. The van der Waals surface area contributed by atoms with Crippen molar-refractivity contribution in [1.82, 2.24) is 33.5 Å². The molecule has 10 aromatic carbocycles. The van der Waals surface area contributed by atoms with E-state index in [1.54, 1.807) is 34.0 Å². The zero-order chi connectivity index (χ0) is 89.6. The van der Waals surface area contributed by atoms with Crippen molar-refractivity contribution in [2.45, 2.75) is 168 Å². The van der Waals surface area contributed by atoms with Crippen LogP contribution in [0.3, 0.4) is 0 Å². The molecule has 0 N–H and O–H groups in total. The standard InChI is InChI=1S/C17H19NOSe.C14H11NOSe.C13H8FNOSe.C13H15NOSe.C12H8N2OSe.C12H13NOSe.2C11H13NOSe/c19-16-14-3-1-2-4-15(14)20-18(16)17-8-11-5-12(9-17)7-13(6-11)10-17;1-10-6-8-11(9-7-10)15-14(16)12-4-2-3-5-13(12)17-15;14-10-6-2-3-7-11(10)15-13(16)9-5-1-4-8-12(9)17-15;15-13-11-8-4-5-9-12(11)16-14(13)10-6-2-1-3-7-10;15-12-9-5-1-2-6-10(9)16-14(12)11-7-3-4-8-13-11;14-12-10-7-3-4-8-11(10)15-13(12)9-5-1-2-6-9;1-11(2,3)12-10(13)8-6-4-5-7-9(8)14-12;1-8(2)7-12-11(13)9-5-3-4-6-10(9)14-12/h1-4,11-13H,5-10H2;2-9H,1H3;1-8H;4-5,8-10H,1-3,6-7H2;1-8H;3-4,7-9H,1-2,5-6H2;4-7H,1-3H3;3-6,8H,7H2,1-2H3. The molecule has 0 aliphatic heterocycles. The number of halogens is 1. The average molecular weight is 2240 g/mol. The quantitative estimate of drug-likeness (QED) is 0.133. The molecule has 6 fully saturated rings. The van der Waals surface area contributed by atoms with Gasteiger partial charge in [-0.3, -0.25) is 0 Å². The molecular weight excluding hydrogens is 2140 g/mol. The Bertz CT molecular complexity index is 7660. The van der Waals surface area contributed by atoms with Gasteiger partial charge in [0.1, 0.15) is 0 Å². The van der Waals surface area contributed by atoms with Gasteiger partial charge in [-0.2, -0.15) is 0 Å². The molecule has 0 spiro atoms. The first kappa shape index (κ1) is 92.1. The number of rotatable bonds is 8. The van der Waals surface area contributed by atoms with Crippen molar-refractivity contribution in [2.24, 2.45) is 23.7 Å². The Morgan fingerprint density at radius 2 is 0.721 bits per heavy atom. The number of pyridine rings is 1. The molecule has 6 aliphatic rings. The number of nitrogens with zero attached hydrogens (tertiary/aromatic N) is 9. The summed E-state index contributed by atoms with van der Waals surface area (Å²) in [6.07, 6.45) is 21.3. The molecule has 17 nitrogen and oxygen atoms in total. The van der Waals surface area contributed by atoms with Crippen LogP contribution < -0.4 is 44.5 Å². The van der Waals surface area contributed by atoms with E-state index in [0.29, 0.717) is 34.6 Å². The third-order valence-corrected chi connectivity index (χ3v) is 44.4. The topological polar surface area (TPSA) is 189 Å². The molecule has 0 atom stereocenters. The number of fused-ring (bicyclic) bond motifs is 8. The third-order valence-electron chi connectivity index (χ3n) is 24.4. The number of aromatic nitrogens is 9. The fraction of sp³-hybridized carbons (Fsp3) is 0.291. The zero-order valence-electron chi connectivity index (χ0n) is 72.6. The van der Waals surface area contributed by atoms with E-state index >= 15 is 0 Å². The van der Waals surface area contributed by atoms with E-state index in [-0.39, 0.29) is 174 Å². The average Bonchev–Trinajstić information content (AvgIpc) is 1.68. The van der Waals surface area contributed by atoms with Crippen LogP contribution in [0.1, 0.15) is 149 Å². The number of aryl methyl sites for hydroxylation is 1. The van der Waals surface area contributed by atoms with E-state index in [0.717, 1.165) is 82.0 Å². The summed E-state index contributed by atoms with van der Waals surface area (Å²) in [7, 11) is 0. The van der Waals surface area contributed by atoms with Crippen molar-refractivity contribution in [1.29, 1.82) is 0 Å². The molecule has 19 aromatic rings. The summed E-state index contributed by atoms with van der Waals surface area (Å²) >= 11 is 0.975. The zero-order valence-corrected chi connectivity index (χ0v) is 86.3. The fourth-order valence-electron chi connectivity index (χ4n) is 18.6. The first-order valence-electron chi connectivity index (χ1n) is 44.1. The molecule has 4 bridgehead atoms. The Morgan fingerprint density at radius 3 is 1.13 bits per heavy atom. The molecule has 0 radical (unpaired) electrons. The molecule has 6 aliphatic carbocycles. The molecule has 25 rings (SSSR count). The summed E-state index contributed by atoms with van der Waals surface area (Å²) in [5.74, 6) is 3.67. The molecular formula is C103H100FN9O8Se8. The predicted molar refractivity (Wildman–Crippen MR) is 533 cm³/mol. The monoisotopic (exact) mass is 2250 g/mol. The normalized spacial score (nSPS) is 17.0. The Morgan fingerprint density at radius 1 is 0.364 bits per heavy atom. The minimum atomic E-state index is -0.351. The summed E-state index contributed by atoms with van der Waals surface area (Å²) in [4.78, 5) is 102. The van der Waals surface area contributed by atoms with Gasteiger partial charge >= 0.3 is 803 Å². The van der Waals surface area contributed by atoms with Crippen LogP contribution >= 0.6 is 0 Å². The van der Waals surface area contributed by atoms with Crippen LogP contribution in [0.4, 0.5) is 4.39 Å². The molecule has 9 heterocycles. The first-order chi connectivity index (χ1) is 62.5. The van der Waals surface area contributed by atoms with Gasteiger partial charge in [0.15, 0.2) is 0 Å². The van der Waals surface area contributed by atoms with E-state index < -0.39 is 0 Å². The Kier molecular flexibility index (Phi) is 29.4. The van der Waals surface area contributed by atoms with Gasteiger partial charge in [-0.05, 0) is 0 Å². The van der Waals surface area contributed by atoms with Crippen molar-refractivity contribution >= 4 is 195 Å². The maximum absolute atomic E-state index is 13.7. The number of para-hydroxylation sites is 1. The van der Waals surface area contributed by atoms with Crippen molar-refractivity contribution in [3.05, 3.63) is 361 Å². The molecule has 6 saturated carbocycles. The van der Waals surface area contributed by atoms with Gasteiger partial charge in [0.25, 0.3) is 0 Å². The van der Waals surface area contributed by atoms with Crippen LogP contribution in [-0.2, 0) is 17.6 Å². The van der Waals surface area contributed by atoms with E-state index in [1.165, 1.54) is 137 Å². The van der Waals surface area contributed by atoms with Gasteiger partial charge in [-0.25, -0.2) is 0 Å². The van der Waals surface area contributed by atoms with Crippen LogP contribution in [0.5, 0.6) is 0 Å². The van der Waals surface area contributed by atoms with Crippen molar-refractivity contribution in [3.63, 3.8) is 0 Å². The van der Waals surface area contributed by atoms with Crippen LogP contribution in [0.15, 0.2) is 305 Å². The Labute approximate surface area is 794 Å². The summed E-state index contributed by atoms with van der Waals surface area (Å²) in [5, 5.41) is 7.05. The van der Waals surface area contributed by atoms with Crippen molar-refractivity contribution in [2.75, 3.05) is 0 Å². The minimum absolute atomic E-state index is 0.0159. The summed E-state index contributed by atoms with van der Waals surface area (Å²) in [6, 6.07) is 84.5. The number of hydrogen-bond donors (Lipinski definition) is 0. The molecule has 0 amide bonds. The van der Waals surface area contributed by atoms with Crippen molar-refractivity contribution < 1.29 is 4.39 Å². The van der Waals surface area contributed by atoms with Gasteiger partial charge < -0.3 is 0 Å². The van der Waals surface area contributed by atoms with Crippen LogP contribution in [-0.4, -0.2) is 151 Å². The number of benzene rings is 10. The molecule has 660 valence electrons. The van der Waals surface area contributed by atoms with Crippen LogP contribution in [0.25, 0.3) is 94.4 Å². The summed E-state index contributed by atoms with van der Waals surface area (Å²) < 4.78 is 39.0. The van der Waals surface area contributed by atoms with Gasteiger partial charge in [-0.15, -0.1) is 0 Å². The Balaban J connectivity index is 0.000000104.